The van der Waals surface area contributed by atoms with Crippen molar-refractivity contribution in [3.8, 4) is 5.75 Å². The summed E-state index contributed by atoms with van der Waals surface area (Å²) in [4.78, 5) is 15.6. The van der Waals surface area contributed by atoms with Crippen LogP contribution in [0, 0.1) is 23.7 Å². The van der Waals surface area contributed by atoms with Gasteiger partial charge in [-0.1, -0.05) is 6.07 Å². The van der Waals surface area contributed by atoms with Gasteiger partial charge in [-0.25, -0.2) is 0 Å². The molecule has 1 aromatic rings. The van der Waals surface area contributed by atoms with Crippen LogP contribution in [-0.4, -0.2) is 44.5 Å². The van der Waals surface area contributed by atoms with Crippen LogP contribution >= 0.6 is 12.2 Å². The third-order valence-corrected chi connectivity index (χ3v) is 8.14. The van der Waals surface area contributed by atoms with E-state index in [4.69, 9.17) is 17.0 Å². The molecular weight excluding hydrogens is 434 g/mol. The van der Waals surface area contributed by atoms with Crippen LogP contribution < -0.4 is 10.1 Å². The van der Waals surface area contributed by atoms with Crippen LogP contribution in [-0.2, 0) is 15.3 Å². The molecule has 1 N–H and O–H groups in total. The smallest absolute Gasteiger partial charge is 0.316 e. The molecule has 9 heteroatoms. The van der Waals surface area contributed by atoms with E-state index in [1.54, 1.807) is 25.2 Å². The quantitative estimate of drug-likeness (QED) is 0.671. The molecule has 4 fully saturated rings. The molecule has 1 aromatic carbocycles. The van der Waals surface area contributed by atoms with Crippen LogP contribution in [0.1, 0.15) is 50.5 Å². The van der Waals surface area contributed by atoms with E-state index in [0.717, 1.165) is 11.8 Å². The van der Waals surface area contributed by atoms with Gasteiger partial charge in [0.15, 0.2) is 5.11 Å². The second-order valence-electron chi connectivity index (χ2n) is 9.15. The summed E-state index contributed by atoms with van der Waals surface area (Å²) in [6, 6.07) is 5.17. The normalized spacial score (nSPS) is 29.2. The van der Waals surface area contributed by atoms with Crippen molar-refractivity contribution < 1.29 is 17.9 Å². The summed E-state index contributed by atoms with van der Waals surface area (Å²) in [6.07, 6.45) is 6.08. The summed E-state index contributed by atoms with van der Waals surface area (Å²) in [7, 11) is 0.600. The summed E-state index contributed by atoms with van der Waals surface area (Å²) in [5, 5.41) is 3.50. The number of hydrogen-bond donors (Lipinski definition) is 1. The Morgan fingerprint density at radius 2 is 1.81 bits per heavy atom. The van der Waals surface area contributed by atoms with Crippen molar-refractivity contribution in [2.24, 2.45) is 28.0 Å². The van der Waals surface area contributed by atoms with Crippen molar-refractivity contribution >= 4 is 39.4 Å². The zero-order chi connectivity index (χ0) is 22.3. The van der Waals surface area contributed by atoms with Gasteiger partial charge in [-0.05, 0) is 92.6 Å². The lowest BCUT2D eigenvalue weighted by Crippen LogP contribution is -2.61. The number of hydrogen-bond acceptors (Lipinski definition) is 6. The van der Waals surface area contributed by atoms with E-state index in [1.807, 2.05) is 11.8 Å². The lowest BCUT2D eigenvalue weighted by molar-refractivity contribution is -0.137. The molecule has 0 spiro atoms. The first kappa shape index (κ1) is 22.2. The number of amides is 1. The number of rotatable bonds is 5. The Hall–Kier alpha value is -2.00. The molecule has 1 unspecified atom stereocenters. The van der Waals surface area contributed by atoms with E-state index in [1.165, 1.54) is 39.2 Å². The number of carbonyl (C=O) groups excluding carboxylic acids is 1. The fourth-order valence-corrected chi connectivity index (χ4v) is 6.82. The first-order valence-corrected chi connectivity index (χ1v) is 12.3. The number of ether oxygens (including phenoxy) is 1. The van der Waals surface area contributed by atoms with Crippen molar-refractivity contribution in [3.05, 3.63) is 23.8 Å². The zero-order valence-electron chi connectivity index (χ0n) is 18.1. The number of nitrogens with one attached hydrogen (secondary N) is 1. The predicted molar refractivity (Wildman–Crippen MR) is 122 cm³/mol. The van der Waals surface area contributed by atoms with Crippen LogP contribution in [0.4, 0.5) is 5.69 Å². The summed E-state index contributed by atoms with van der Waals surface area (Å²) < 4.78 is 31.0. The van der Waals surface area contributed by atoms with Gasteiger partial charge in [0, 0.05) is 13.1 Å². The fourth-order valence-electron chi connectivity index (χ4n) is 6.30. The minimum atomic E-state index is -2.62. The summed E-state index contributed by atoms with van der Waals surface area (Å²) in [5.74, 6) is 2.40. The SMILES string of the molecule is CNC(=S)N(C(=O)C(C)c1ccc(OC)c(N=S(=O)=O)c1)C1C2CC3CC(C2)CC1C3. The molecule has 1 amide bonds. The lowest BCUT2D eigenvalue weighted by atomic mass is 9.54. The highest BCUT2D eigenvalue weighted by atomic mass is 32.2. The second kappa shape index (κ2) is 8.86. The molecule has 4 aliphatic rings. The van der Waals surface area contributed by atoms with Crippen LogP contribution in [0.2, 0.25) is 0 Å². The molecule has 0 heterocycles. The Morgan fingerprint density at radius 1 is 1.19 bits per heavy atom. The second-order valence-corrected chi connectivity index (χ2v) is 10.1. The number of benzene rings is 1. The average molecular weight is 464 g/mol. The Bertz CT molecular complexity index is 988. The topological polar surface area (TPSA) is 88.1 Å². The summed E-state index contributed by atoms with van der Waals surface area (Å²) in [5.41, 5.74) is 0.869. The molecular formula is C22H29N3O4S2. The van der Waals surface area contributed by atoms with E-state index in [9.17, 15) is 13.2 Å². The molecule has 5 rings (SSSR count). The van der Waals surface area contributed by atoms with Gasteiger partial charge in [-0.2, -0.15) is 8.42 Å². The van der Waals surface area contributed by atoms with Gasteiger partial charge >= 0.3 is 10.5 Å². The highest BCUT2D eigenvalue weighted by molar-refractivity contribution is 7.80. The maximum Gasteiger partial charge on any atom is 0.316 e. The number of methoxy groups -OCH3 is 1. The van der Waals surface area contributed by atoms with Gasteiger partial charge in [0.2, 0.25) is 5.91 Å². The minimum Gasteiger partial charge on any atom is -0.494 e. The van der Waals surface area contributed by atoms with Crippen molar-refractivity contribution in [1.29, 1.82) is 0 Å². The Balaban J connectivity index is 1.65. The van der Waals surface area contributed by atoms with Crippen LogP contribution in [0.5, 0.6) is 5.75 Å². The maximum atomic E-state index is 13.8. The van der Waals surface area contributed by atoms with Gasteiger partial charge in [-0.3, -0.25) is 9.69 Å². The molecule has 168 valence electrons. The minimum absolute atomic E-state index is 0.0591. The largest absolute Gasteiger partial charge is 0.494 e. The van der Waals surface area contributed by atoms with Crippen LogP contribution in [0.3, 0.4) is 0 Å². The fraction of sp³-hybridized carbons (Fsp3) is 0.636. The van der Waals surface area contributed by atoms with E-state index in [-0.39, 0.29) is 17.6 Å². The van der Waals surface area contributed by atoms with Crippen molar-refractivity contribution in [2.45, 2.75) is 51.0 Å². The van der Waals surface area contributed by atoms with Gasteiger partial charge < -0.3 is 10.1 Å². The first-order valence-electron chi connectivity index (χ1n) is 10.9. The van der Waals surface area contributed by atoms with Gasteiger partial charge in [-0.15, -0.1) is 4.36 Å². The number of nitrogens with zero attached hydrogens (tertiary/aromatic N) is 2. The molecule has 4 aliphatic carbocycles. The molecule has 4 saturated carbocycles. The van der Waals surface area contributed by atoms with Crippen molar-refractivity contribution in [1.82, 2.24) is 10.2 Å². The van der Waals surface area contributed by atoms with Gasteiger partial charge in [0.1, 0.15) is 11.4 Å². The Morgan fingerprint density at radius 3 is 2.32 bits per heavy atom. The van der Waals surface area contributed by atoms with E-state index in [0.29, 0.717) is 28.3 Å². The molecule has 4 bridgehead atoms. The molecule has 0 saturated heterocycles. The van der Waals surface area contributed by atoms with Crippen molar-refractivity contribution in [3.63, 3.8) is 0 Å². The van der Waals surface area contributed by atoms with Gasteiger partial charge in [0.05, 0.1) is 13.0 Å². The molecule has 7 nitrogen and oxygen atoms in total. The average Bonchev–Trinajstić information content (AvgIpc) is 2.73. The van der Waals surface area contributed by atoms with Crippen LogP contribution in [0.25, 0.3) is 0 Å². The highest BCUT2D eigenvalue weighted by Crippen LogP contribution is 2.55. The highest BCUT2D eigenvalue weighted by Gasteiger charge is 2.52. The predicted octanol–water partition coefficient (Wildman–Crippen LogP) is 3.65. The lowest BCUT2D eigenvalue weighted by Gasteiger charge is -2.57. The van der Waals surface area contributed by atoms with E-state index >= 15 is 0 Å². The Labute approximate surface area is 190 Å². The zero-order valence-corrected chi connectivity index (χ0v) is 19.7. The molecule has 0 aromatic heterocycles. The van der Waals surface area contributed by atoms with E-state index in [2.05, 4.69) is 9.68 Å². The van der Waals surface area contributed by atoms with Gasteiger partial charge in [0.25, 0.3) is 0 Å². The van der Waals surface area contributed by atoms with E-state index < -0.39 is 16.4 Å². The van der Waals surface area contributed by atoms with Crippen molar-refractivity contribution in [2.75, 3.05) is 14.2 Å². The molecule has 0 aliphatic heterocycles. The Kier molecular flexibility index (Phi) is 6.35. The third kappa shape index (κ3) is 4.22. The monoisotopic (exact) mass is 463 g/mol. The van der Waals surface area contributed by atoms with Crippen LogP contribution in [0.15, 0.2) is 22.6 Å². The molecule has 1 atom stereocenters. The number of thiocarbonyl (C=S) groups is 1. The molecule has 0 radical (unpaired) electrons. The maximum absolute atomic E-state index is 13.8. The number of carbonyl (C=O) groups is 1. The summed E-state index contributed by atoms with van der Waals surface area (Å²) >= 11 is 5.62. The molecule has 31 heavy (non-hydrogen) atoms. The first-order chi connectivity index (χ1) is 14.8. The summed E-state index contributed by atoms with van der Waals surface area (Å²) in [6.45, 7) is 1.84. The third-order valence-electron chi connectivity index (χ3n) is 7.39. The standard InChI is InChI=1S/C22H29N3O4S2/c1-12(15-4-5-19(29-3)18(11-15)24-31(27)28)21(26)25(22(30)23-2)20-16-7-13-6-14(9-16)10-17(20)8-13/h4-5,11-14,16-17,20H,6-10H2,1-3H3,(H,23,30).